The molecule has 6 nitrogen and oxygen atoms in total. The largest absolute Gasteiger partial charge is 0.291 e. The molecule has 3 amide bonds. The van der Waals surface area contributed by atoms with Crippen LogP contribution in [0.2, 0.25) is 0 Å². The van der Waals surface area contributed by atoms with Gasteiger partial charge in [0.05, 0.1) is 18.5 Å². The van der Waals surface area contributed by atoms with E-state index in [0.717, 1.165) is 9.78 Å². The van der Waals surface area contributed by atoms with Gasteiger partial charge < -0.3 is 0 Å². The lowest BCUT2D eigenvalue weighted by Gasteiger charge is -2.15. The molecule has 24 heavy (non-hydrogen) atoms. The van der Waals surface area contributed by atoms with Gasteiger partial charge in [0.25, 0.3) is 5.91 Å². The van der Waals surface area contributed by atoms with Gasteiger partial charge >= 0.3 is 0 Å². The Kier molecular flexibility index (Phi) is 4.68. The van der Waals surface area contributed by atoms with Gasteiger partial charge in [0.2, 0.25) is 11.8 Å². The Morgan fingerprint density at radius 2 is 2.00 bits per heavy atom. The van der Waals surface area contributed by atoms with Crippen LogP contribution in [-0.4, -0.2) is 23.8 Å². The van der Waals surface area contributed by atoms with E-state index in [0.29, 0.717) is 5.69 Å². The first kappa shape index (κ1) is 16.3. The molecule has 1 atom stereocenters. The molecule has 124 valence electrons. The van der Waals surface area contributed by atoms with Crippen LogP contribution < -0.4 is 15.8 Å². The highest BCUT2D eigenvalue weighted by Gasteiger charge is 2.39. The van der Waals surface area contributed by atoms with E-state index in [1.165, 1.54) is 35.6 Å². The van der Waals surface area contributed by atoms with Crippen molar-refractivity contribution in [3.05, 3.63) is 52.5 Å². The number of carbonyl (C=O) groups is 3. The molecule has 0 saturated carbocycles. The first-order chi connectivity index (χ1) is 11.5. The Bertz CT molecular complexity index is 761. The zero-order valence-electron chi connectivity index (χ0n) is 12.5. The van der Waals surface area contributed by atoms with Gasteiger partial charge in [-0.1, -0.05) is 6.07 Å². The van der Waals surface area contributed by atoms with Crippen molar-refractivity contribution in [3.63, 3.8) is 0 Å². The van der Waals surface area contributed by atoms with Crippen molar-refractivity contribution in [1.82, 2.24) is 10.9 Å². The van der Waals surface area contributed by atoms with E-state index < -0.39 is 23.7 Å². The summed E-state index contributed by atoms with van der Waals surface area (Å²) in [6.45, 7) is 0. The molecule has 2 heterocycles. The third kappa shape index (κ3) is 3.50. The molecule has 1 saturated heterocycles. The predicted octanol–water partition coefficient (Wildman–Crippen LogP) is 1.38. The van der Waals surface area contributed by atoms with E-state index in [1.807, 2.05) is 17.5 Å². The highest BCUT2D eigenvalue weighted by molar-refractivity contribution is 7.10. The van der Waals surface area contributed by atoms with Crippen LogP contribution in [-0.2, 0) is 20.8 Å². The molecular formula is C16H14FN3O3S. The number of carbonyl (C=O) groups excluding carboxylic acids is 3. The summed E-state index contributed by atoms with van der Waals surface area (Å²) in [5.74, 6) is -1.63. The lowest BCUT2D eigenvalue weighted by molar-refractivity contribution is -0.122. The zero-order chi connectivity index (χ0) is 17.1. The number of imide groups is 1. The summed E-state index contributed by atoms with van der Waals surface area (Å²) in [7, 11) is 0. The summed E-state index contributed by atoms with van der Waals surface area (Å²) < 4.78 is 13.0. The van der Waals surface area contributed by atoms with Gasteiger partial charge in [0.1, 0.15) is 11.9 Å². The van der Waals surface area contributed by atoms with Gasteiger partial charge in [-0.25, -0.2) is 14.7 Å². The van der Waals surface area contributed by atoms with Crippen LogP contribution in [0, 0.1) is 5.82 Å². The monoisotopic (exact) mass is 347 g/mol. The van der Waals surface area contributed by atoms with E-state index in [1.54, 1.807) is 0 Å². The van der Waals surface area contributed by atoms with Gasteiger partial charge in [-0.05, 0) is 35.7 Å². The third-order valence-corrected chi connectivity index (χ3v) is 4.41. The van der Waals surface area contributed by atoms with Crippen LogP contribution in [0.25, 0.3) is 0 Å². The lowest BCUT2D eigenvalue weighted by Crippen LogP contribution is -2.48. The molecule has 1 aromatic carbocycles. The second kappa shape index (κ2) is 6.90. The summed E-state index contributed by atoms with van der Waals surface area (Å²) in [6, 6.07) is 7.94. The number of hydrogen-bond donors (Lipinski definition) is 2. The average Bonchev–Trinajstić information content (AvgIpc) is 3.15. The number of anilines is 1. The van der Waals surface area contributed by atoms with Crippen LogP contribution >= 0.6 is 11.3 Å². The fourth-order valence-corrected chi connectivity index (χ4v) is 3.09. The minimum absolute atomic E-state index is 0.0739. The number of thiophene rings is 1. The Morgan fingerprint density at radius 3 is 2.67 bits per heavy atom. The van der Waals surface area contributed by atoms with Crippen LogP contribution in [0.1, 0.15) is 11.3 Å². The summed E-state index contributed by atoms with van der Waals surface area (Å²) in [4.78, 5) is 38.1. The van der Waals surface area contributed by atoms with Crippen molar-refractivity contribution in [2.45, 2.75) is 18.9 Å². The zero-order valence-corrected chi connectivity index (χ0v) is 13.3. The van der Waals surface area contributed by atoms with Crippen molar-refractivity contribution in [1.29, 1.82) is 0 Å². The first-order valence-corrected chi connectivity index (χ1v) is 8.11. The molecular weight excluding hydrogens is 333 g/mol. The van der Waals surface area contributed by atoms with Crippen molar-refractivity contribution < 1.29 is 18.8 Å². The number of amides is 3. The number of nitrogens with one attached hydrogen (secondary N) is 2. The van der Waals surface area contributed by atoms with Crippen LogP contribution in [0.15, 0.2) is 41.8 Å². The maximum Gasteiger partial charge on any atom is 0.253 e. The van der Waals surface area contributed by atoms with Gasteiger partial charge in [-0.2, -0.15) is 0 Å². The minimum atomic E-state index is -0.838. The molecule has 0 radical (unpaired) electrons. The van der Waals surface area contributed by atoms with Crippen molar-refractivity contribution >= 4 is 34.7 Å². The Balaban J connectivity index is 1.59. The summed E-state index contributed by atoms with van der Waals surface area (Å²) in [6.07, 6.45) is 0.122. The maximum absolute atomic E-state index is 13.0. The standard InChI is InChI=1S/C16H14FN3O3S/c17-10-3-5-11(6-4-10)20-15(22)9-13(16(20)23)18-19-14(21)8-12-2-1-7-24-12/h1-7,13,18H,8-9H2,(H,19,21). The Hall–Kier alpha value is -2.58. The molecule has 0 spiro atoms. The average molecular weight is 347 g/mol. The van der Waals surface area contributed by atoms with Crippen molar-refractivity contribution in [2.75, 3.05) is 4.90 Å². The smallest absolute Gasteiger partial charge is 0.253 e. The van der Waals surface area contributed by atoms with E-state index in [-0.39, 0.29) is 18.7 Å². The van der Waals surface area contributed by atoms with Gasteiger partial charge in [-0.15, -0.1) is 11.3 Å². The van der Waals surface area contributed by atoms with Crippen LogP contribution in [0.4, 0.5) is 10.1 Å². The molecule has 1 unspecified atom stereocenters. The number of hydrazine groups is 1. The van der Waals surface area contributed by atoms with E-state index in [9.17, 15) is 18.8 Å². The summed E-state index contributed by atoms with van der Waals surface area (Å²) >= 11 is 1.46. The quantitative estimate of drug-likeness (QED) is 0.633. The molecule has 3 rings (SSSR count). The van der Waals surface area contributed by atoms with E-state index in [2.05, 4.69) is 10.9 Å². The van der Waals surface area contributed by atoms with Gasteiger partial charge in [0, 0.05) is 4.88 Å². The molecule has 2 N–H and O–H groups in total. The number of halogens is 1. The predicted molar refractivity (Wildman–Crippen MR) is 86.6 cm³/mol. The molecule has 0 aliphatic carbocycles. The molecule has 2 aromatic rings. The molecule has 0 bridgehead atoms. The molecule has 1 aliphatic rings. The highest BCUT2D eigenvalue weighted by atomic mass is 32.1. The second-order valence-corrected chi connectivity index (χ2v) is 6.28. The minimum Gasteiger partial charge on any atom is -0.291 e. The van der Waals surface area contributed by atoms with E-state index >= 15 is 0 Å². The van der Waals surface area contributed by atoms with Crippen LogP contribution in [0.5, 0.6) is 0 Å². The molecule has 1 fully saturated rings. The van der Waals surface area contributed by atoms with E-state index in [4.69, 9.17) is 0 Å². The topological polar surface area (TPSA) is 78.5 Å². The number of benzene rings is 1. The van der Waals surface area contributed by atoms with Gasteiger partial charge in [-0.3, -0.25) is 19.8 Å². The SMILES string of the molecule is O=C(Cc1cccs1)NNC1CC(=O)N(c2ccc(F)cc2)C1=O. The fraction of sp³-hybridized carbons (Fsp3) is 0.188. The summed E-state index contributed by atoms with van der Waals surface area (Å²) in [5.41, 5.74) is 5.36. The normalized spacial score (nSPS) is 17.4. The molecule has 1 aliphatic heterocycles. The van der Waals surface area contributed by atoms with Crippen molar-refractivity contribution in [2.24, 2.45) is 0 Å². The Labute approximate surface area is 141 Å². The van der Waals surface area contributed by atoms with Gasteiger partial charge in [0.15, 0.2) is 0 Å². The maximum atomic E-state index is 13.0. The molecule has 1 aromatic heterocycles. The Morgan fingerprint density at radius 1 is 1.25 bits per heavy atom. The summed E-state index contributed by atoms with van der Waals surface area (Å²) in [5, 5.41) is 1.87. The third-order valence-electron chi connectivity index (χ3n) is 3.53. The lowest BCUT2D eigenvalue weighted by atomic mass is 10.2. The molecule has 8 heteroatoms. The number of nitrogens with zero attached hydrogens (tertiary/aromatic N) is 1. The van der Waals surface area contributed by atoms with Crippen LogP contribution in [0.3, 0.4) is 0 Å². The first-order valence-electron chi connectivity index (χ1n) is 7.23. The fourth-order valence-electron chi connectivity index (χ4n) is 2.39. The number of hydrogen-bond acceptors (Lipinski definition) is 5. The second-order valence-electron chi connectivity index (χ2n) is 5.25. The number of rotatable bonds is 5. The van der Waals surface area contributed by atoms with Crippen molar-refractivity contribution in [3.8, 4) is 0 Å². The highest BCUT2D eigenvalue weighted by Crippen LogP contribution is 2.22.